The van der Waals surface area contributed by atoms with Crippen molar-refractivity contribution in [1.82, 2.24) is 9.97 Å². The van der Waals surface area contributed by atoms with Crippen LogP contribution in [0.1, 0.15) is 10.4 Å². The molecule has 0 bridgehead atoms. The third-order valence-corrected chi connectivity index (χ3v) is 5.85. The van der Waals surface area contributed by atoms with Crippen molar-refractivity contribution in [3.8, 4) is 28.6 Å². The van der Waals surface area contributed by atoms with Crippen molar-refractivity contribution in [3.63, 3.8) is 0 Å². The summed E-state index contributed by atoms with van der Waals surface area (Å²) in [5.74, 6) is 1.59. The fourth-order valence-electron chi connectivity index (χ4n) is 3.92. The van der Waals surface area contributed by atoms with Crippen LogP contribution < -0.4 is 19.7 Å². The smallest absolute Gasteiger partial charge is 0.255 e. The minimum Gasteiger partial charge on any atom is -0.497 e. The van der Waals surface area contributed by atoms with E-state index in [1.807, 2.05) is 48.5 Å². The monoisotopic (exact) mass is 482 g/mol. The molecule has 0 radical (unpaired) electrons. The third-order valence-electron chi connectivity index (χ3n) is 5.85. The fraction of sp³-hybridized carbons (Fsp3) is 0.179. The zero-order valence-corrected chi connectivity index (χ0v) is 19.9. The van der Waals surface area contributed by atoms with Gasteiger partial charge in [0.15, 0.2) is 0 Å². The number of rotatable bonds is 7. The Hall–Kier alpha value is -4.43. The van der Waals surface area contributed by atoms with E-state index in [1.165, 1.54) is 6.33 Å². The van der Waals surface area contributed by atoms with E-state index in [4.69, 9.17) is 14.2 Å². The molecule has 0 spiro atoms. The van der Waals surface area contributed by atoms with Crippen LogP contribution in [0.15, 0.2) is 85.2 Å². The highest BCUT2D eigenvalue weighted by molar-refractivity contribution is 6.05. The van der Waals surface area contributed by atoms with E-state index >= 15 is 0 Å². The number of nitrogens with one attached hydrogen (secondary N) is 1. The number of hydrogen-bond donors (Lipinski definition) is 1. The minimum atomic E-state index is -0.195. The van der Waals surface area contributed by atoms with E-state index in [0.717, 1.165) is 49.0 Å². The van der Waals surface area contributed by atoms with Crippen LogP contribution in [0, 0.1) is 0 Å². The van der Waals surface area contributed by atoms with Crippen molar-refractivity contribution in [3.05, 3.63) is 90.8 Å². The molecule has 1 fully saturated rings. The van der Waals surface area contributed by atoms with E-state index in [-0.39, 0.29) is 5.91 Å². The Morgan fingerprint density at radius 2 is 1.67 bits per heavy atom. The quantitative estimate of drug-likeness (QED) is 0.395. The number of amides is 1. The van der Waals surface area contributed by atoms with Crippen LogP contribution in [0.25, 0.3) is 11.3 Å². The molecular weight excluding hydrogens is 456 g/mol. The van der Waals surface area contributed by atoms with Crippen molar-refractivity contribution in [1.29, 1.82) is 0 Å². The predicted molar refractivity (Wildman–Crippen MR) is 138 cm³/mol. The second-order valence-corrected chi connectivity index (χ2v) is 8.20. The van der Waals surface area contributed by atoms with Crippen LogP contribution in [0.4, 0.5) is 11.4 Å². The second kappa shape index (κ2) is 10.9. The van der Waals surface area contributed by atoms with Crippen molar-refractivity contribution in [2.45, 2.75) is 0 Å². The summed E-state index contributed by atoms with van der Waals surface area (Å²) >= 11 is 0. The Morgan fingerprint density at radius 1 is 0.917 bits per heavy atom. The summed E-state index contributed by atoms with van der Waals surface area (Å²) in [5.41, 5.74) is 3.82. The fourth-order valence-corrected chi connectivity index (χ4v) is 3.92. The number of morpholine rings is 1. The molecule has 0 aliphatic carbocycles. The van der Waals surface area contributed by atoms with Gasteiger partial charge in [-0.15, -0.1) is 0 Å². The molecule has 0 unspecified atom stereocenters. The molecule has 0 atom stereocenters. The highest BCUT2D eigenvalue weighted by Crippen LogP contribution is 2.26. The molecule has 3 aromatic carbocycles. The summed E-state index contributed by atoms with van der Waals surface area (Å²) < 4.78 is 16.4. The predicted octanol–water partition coefficient (Wildman–Crippen LogP) is 5.03. The standard InChI is InChI=1S/C28H26N4O4/c1-34-24-9-11-25(12-10-24)36-27-18-26(29-19-30-27)20-3-2-4-21(17-20)28(33)31-22-5-7-23(8-6-22)32-13-15-35-16-14-32/h2-12,17-19H,13-16H2,1H3,(H,31,33). The molecule has 5 rings (SSSR count). The maximum Gasteiger partial charge on any atom is 0.255 e. The largest absolute Gasteiger partial charge is 0.497 e. The van der Waals surface area contributed by atoms with Crippen molar-refractivity contribution in [2.24, 2.45) is 0 Å². The van der Waals surface area contributed by atoms with Crippen LogP contribution in [0.5, 0.6) is 17.4 Å². The zero-order valence-electron chi connectivity index (χ0n) is 19.9. The molecule has 8 nitrogen and oxygen atoms in total. The third kappa shape index (κ3) is 5.61. The molecule has 2 heterocycles. The molecule has 1 saturated heterocycles. The molecule has 1 aromatic heterocycles. The average molecular weight is 483 g/mol. The van der Waals surface area contributed by atoms with E-state index in [9.17, 15) is 4.79 Å². The molecule has 1 aliphatic rings. The lowest BCUT2D eigenvalue weighted by atomic mass is 10.1. The number of anilines is 2. The Bertz CT molecular complexity index is 1320. The summed E-state index contributed by atoms with van der Waals surface area (Å²) in [5, 5.41) is 2.97. The van der Waals surface area contributed by atoms with Crippen LogP contribution in [-0.2, 0) is 4.74 Å². The maximum absolute atomic E-state index is 12.9. The highest BCUT2D eigenvalue weighted by Gasteiger charge is 2.13. The van der Waals surface area contributed by atoms with Gasteiger partial charge >= 0.3 is 0 Å². The molecule has 36 heavy (non-hydrogen) atoms. The maximum atomic E-state index is 12.9. The van der Waals surface area contributed by atoms with Crippen LogP contribution in [-0.4, -0.2) is 49.3 Å². The minimum absolute atomic E-state index is 0.195. The number of methoxy groups -OCH3 is 1. The summed E-state index contributed by atoms with van der Waals surface area (Å²) in [7, 11) is 1.61. The van der Waals surface area contributed by atoms with E-state index in [1.54, 1.807) is 37.4 Å². The molecule has 1 aliphatic heterocycles. The molecule has 8 heteroatoms. The SMILES string of the molecule is COc1ccc(Oc2cc(-c3cccc(C(=O)Nc4ccc(N5CCOCC5)cc4)c3)ncn2)cc1. The van der Waals surface area contributed by atoms with Crippen molar-refractivity contribution >= 4 is 17.3 Å². The van der Waals surface area contributed by atoms with E-state index < -0.39 is 0 Å². The van der Waals surface area contributed by atoms with Crippen LogP contribution >= 0.6 is 0 Å². The molecule has 182 valence electrons. The van der Waals surface area contributed by atoms with Gasteiger partial charge in [0.25, 0.3) is 5.91 Å². The molecule has 1 amide bonds. The Morgan fingerprint density at radius 3 is 2.42 bits per heavy atom. The van der Waals surface area contributed by atoms with Gasteiger partial charge in [0, 0.05) is 41.7 Å². The van der Waals surface area contributed by atoms with Gasteiger partial charge in [-0.2, -0.15) is 0 Å². The highest BCUT2D eigenvalue weighted by atomic mass is 16.5. The lowest BCUT2D eigenvalue weighted by molar-refractivity contribution is 0.102. The molecule has 4 aromatic rings. The lowest BCUT2D eigenvalue weighted by Gasteiger charge is -2.28. The Kier molecular flexibility index (Phi) is 7.05. The number of hydrogen-bond acceptors (Lipinski definition) is 7. The van der Waals surface area contributed by atoms with Crippen molar-refractivity contribution < 1.29 is 19.0 Å². The second-order valence-electron chi connectivity index (χ2n) is 8.20. The molecular formula is C28H26N4O4. The first-order valence-corrected chi connectivity index (χ1v) is 11.7. The number of aromatic nitrogens is 2. The van der Waals surface area contributed by atoms with Gasteiger partial charge in [-0.25, -0.2) is 9.97 Å². The van der Waals surface area contributed by atoms with Gasteiger partial charge in [-0.1, -0.05) is 12.1 Å². The van der Waals surface area contributed by atoms with Gasteiger partial charge < -0.3 is 24.4 Å². The first-order chi connectivity index (χ1) is 17.7. The van der Waals surface area contributed by atoms with Gasteiger partial charge in [0.2, 0.25) is 5.88 Å². The van der Waals surface area contributed by atoms with Gasteiger partial charge in [0.05, 0.1) is 26.0 Å². The summed E-state index contributed by atoms with van der Waals surface area (Å²) in [6.45, 7) is 3.20. The summed E-state index contributed by atoms with van der Waals surface area (Å²) in [6.07, 6.45) is 1.44. The van der Waals surface area contributed by atoms with E-state index in [0.29, 0.717) is 22.9 Å². The number of carbonyl (C=O) groups excluding carboxylic acids is 1. The number of nitrogens with zero attached hydrogens (tertiary/aromatic N) is 3. The average Bonchev–Trinajstić information content (AvgIpc) is 2.94. The van der Waals surface area contributed by atoms with Gasteiger partial charge in [-0.05, 0) is 60.7 Å². The Labute approximate surface area is 209 Å². The summed E-state index contributed by atoms with van der Waals surface area (Å²) in [6, 6.07) is 24.2. The van der Waals surface area contributed by atoms with Gasteiger partial charge in [-0.3, -0.25) is 4.79 Å². The van der Waals surface area contributed by atoms with Crippen LogP contribution in [0.2, 0.25) is 0 Å². The molecule has 1 N–H and O–H groups in total. The number of benzene rings is 3. The van der Waals surface area contributed by atoms with Crippen LogP contribution in [0.3, 0.4) is 0 Å². The first-order valence-electron chi connectivity index (χ1n) is 11.7. The Balaban J connectivity index is 1.27. The van der Waals surface area contributed by atoms with Crippen molar-refractivity contribution in [2.75, 3.05) is 43.6 Å². The summed E-state index contributed by atoms with van der Waals surface area (Å²) in [4.78, 5) is 23.8. The normalized spacial score (nSPS) is 13.2. The van der Waals surface area contributed by atoms with E-state index in [2.05, 4.69) is 20.2 Å². The zero-order chi connectivity index (χ0) is 24.7. The first kappa shape index (κ1) is 23.3. The number of carbonyl (C=O) groups is 1. The topological polar surface area (TPSA) is 85.8 Å². The molecule has 0 saturated carbocycles. The lowest BCUT2D eigenvalue weighted by Crippen LogP contribution is -2.36. The van der Waals surface area contributed by atoms with Gasteiger partial charge in [0.1, 0.15) is 17.8 Å². The number of ether oxygens (including phenoxy) is 3.